The number of H-pyrrole nitrogens is 1. The second-order valence-electron chi connectivity index (χ2n) is 11.2. The van der Waals surface area contributed by atoms with Crippen molar-refractivity contribution in [2.24, 2.45) is 0 Å². The summed E-state index contributed by atoms with van der Waals surface area (Å²) in [4.78, 5) is 29.3. The van der Waals surface area contributed by atoms with E-state index in [1.165, 1.54) is 0 Å². The fourth-order valence-electron chi connectivity index (χ4n) is 6.28. The highest BCUT2D eigenvalue weighted by Gasteiger charge is 2.35. The van der Waals surface area contributed by atoms with Gasteiger partial charge in [0, 0.05) is 49.5 Å². The highest BCUT2D eigenvalue weighted by atomic mass is 16.5. The number of urea groups is 1. The first-order valence-electron chi connectivity index (χ1n) is 14.9. The second kappa shape index (κ2) is 12.0. The minimum Gasteiger partial charge on any atom is -0.375 e. The first-order chi connectivity index (χ1) is 21.2. The third kappa shape index (κ3) is 5.52. The Bertz CT molecular complexity index is 1610. The molecular weight excluding hydrogens is 542 g/mol. The summed E-state index contributed by atoms with van der Waals surface area (Å²) < 4.78 is 5.95. The summed E-state index contributed by atoms with van der Waals surface area (Å²) in [7, 11) is 0. The van der Waals surface area contributed by atoms with Crippen molar-refractivity contribution in [3.63, 3.8) is 0 Å². The van der Waals surface area contributed by atoms with E-state index < -0.39 is 0 Å². The number of rotatable bonds is 8. The van der Waals surface area contributed by atoms with Crippen LogP contribution in [0.4, 0.5) is 16.2 Å². The van der Waals surface area contributed by atoms with Gasteiger partial charge in [-0.15, -0.1) is 0 Å². The van der Waals surface area contributed by atoms with Crippen LogP contribution in [0.25, 0.3) is 22.5 Å². The lowest BCUT2D eigenvalue weighted by atomic mass is 10.0. The molecule has 3 aliphatic rings. The predicted molar refractivity (Wildman–Crippen MR) is 166 cm³/mol. The van der Waals surface area contributed by atoms with Crippen molar-refractivity contribution in [2.75, 3.05) is 49.5 Å². The molecule has 10 nitrogen and oxygen atoms in total. The molecule has 3 aromatic carbocycles. The predicted octanol–water partition coefficient (Wildman–Crippen LogP) is 4.42. The molecule has 0 saturated carbocycles. The molecule has 2 fully saturated rings. The number of ketones is 1. The molecule has 0 radical (unpaired) electrons. The Hall–Kier alpha value is -4.51. The van der Waals surface area contributed by atoms with Gasteiger partial charge in [0.25, 0.3) is 0 Å². The zero-order valence-electron chi connectivity index (χ0n) is 23.9. The standard InChI is InChI=1S/C33H35N7O3/c41-32-28-26(31-29(32)30(36-37-31)23-11-13-24(14-12-23)39-18-15-34-16-19-39)9-4-10-27(28)35-33(42)38-40-17-5-8-25(40)21-43-20-22-6-2-1-3-7-22/h1-4,6-7,9-14,25,34H,5,8,15-21H2,(H,36,37)(H2,35,38,42)/t25-/m0/s1. The molecule has 2 saturated heterocycles. The summed E-state index contributed by atoms with van der Waals surface area (Å²) in [6.45, 7) is 5.68. The van der Waals surface area contributed by atoms with E-state index in [-0.39, 0.29) is 17.9 Å². The van der Waals surface area contributed by atoms with Crippen LogP contribution < -0.4 is 21.0 Å². The molecule has 0 spiro atoms. The van der Waals surface area contributed by atoms with Gasteiger partial charge in [-0.2, -0.15) is 5.10 Å². The normalized spacial score (nSPS) is 18.0. The van der Waals surface area contributed by atoms with Gasteiger partial charge < -0.3 is 20.3 Å². The van der Waals surface area contributed by atoms with Crippen molar-refractivity contribution >= 4 is 23.2 Å². The number of aromatic amines is 1. The van der Waals surface area contributed by atoms with E-state index in [2.05, 4.69) is 43.3 Å². The molecule has 4 N–H and O–H groups in total. The number of hydrogen-bond donors (Lipinski definition) is 4. The van der Waals surface area contributed by atoms with E-state index in [9.17, 15) is 9.59 Å². The van der Waals surface area contributed by atoms with Crippen LogP contribution in [0.5, 0.6) is 0 Å². The number of ether oxygens (including phenoxy) is 1. The van der Waals surface area contributed by atoms with Crippen molar-refractivity contribution in [3.8, 4) is 22.5 Å². The molecular formula is C33H35N7O3. The summed E-state index contributed by atoms with van der Waals surface area (Å²) in [6.07, 6.45) is 1.91. The molecule has 0 bridgehead atoms. The molecule has 3 heterocycles. The van der Waals surface area contributed by atoms with Crippen molar-refractivity contribution in [1.82, 2.24) is 25.9 Å². The Morgan fingerprint density at radius 3 is 2.58 bits per heavy atom. The minimum absolute atomic E-state index is 0.0862. The van der Waals surface area contributed by atoms with Crippen molar-refractivity contribution in [1.29, 1.82) is 0 Å². The van der Waals surface area contributed by atoms with E-state index in [1.54, 1.807) is 6.07 Å². The van der Waals surface area contributed by atoms with Crippen molar-refractivity contribution < 1.29 is 14.3 Å². The van der Waals surface area contributed by atoms with E-state index in [0.29, 0.717) is 47.0 Å². The molecule has 1 aromatic heterocycles. The van der Waals surface area contributed by atoms with E-state index in [0.717, 1.165) is 62.4 Å². The van der Waals surface area contributed by atoms with Gasteiger partial charge in [-0.25, -0.2) is 9.80 Å². The first-order valence-corrected chi connectivity index (χ1v) is 14.9. The highest BCUT2D eigenvalue weighted by molar-refractivity contribution is 6.26. The van der Waals surface area contributed by atoms with E-state index >= 15 is 0 Å². The Morgan fingerprint density at radius 2 is 1.77 bits per heavy atom. The second-order valence-corrected chi connectivity index (χ2v) is 11.2. The van der Waals surface area contributed by atoms with Crippen LogP contribution in [-0.4, -0.2) is 72.4 Å². The fraction of sp³-hybridized carbons (Fsp3) is 0.303. The zero-order chi connectivity index (χ0) is 29.2. The van der Waals surface area contributed by atoms with Gasteiger partial charge in [0.1, 0.15) is 5.69 Å². The van der Waals surface area contributed by atoms with Gasteiger partial charge >= 0.3 is 6.03 Å². The lowest BCUT2D eigenvalue weighted by Crippen LogP contribution is -2.48. The summed E-state index contributed by atoms with van der Waals surface area (Å²) in [5, 5.41) is 15.9. The Kier molecular flexibility index (Phi) is 7.63. The third-order valence-electron chi connectivity index (χ3n) is 8.47. The molecule has 10 heteroatoms. The number of benzene rings is 3. The van der Waals surface area contributed by atoms with Crippen LogP contribution in [0.3, 0.4) is 0 Å². The number of nitrogens with zero attached hydrogens (tertiary/aromatic N) is 3. The summed E-state index contributed by atoms with van der Waals surface area (Å²) in [5.41, 5.74) is 9.64. The number of hydrazine groups is 1. The molecule has 7 rings (SSSR count). The number of amides is 2. The minimum atomic E-state index is -0.383. The van der Waals surface area contributed by atoms with Crippen LogP contribution in [0.2, 0.25) is 0 Å². The van der Waals surface area contributed by atoms with Crippen molar-refractivity contribution in [3.05, 3.63) is 89.5 Å². The van der Waals surface area contributed by atoms with Gasteiger partial charge in [-0.05, 0) is 36.6 Å². The van der Waals surface area contributed by atoms with E-state index in [4.69, 9.17) is 4.74 Å². The molecule has 2 amide bonds. The largest absolute Gasteiger partial charge is 0.375 e. The average molecular weight is 578 g/mol. The van der Waals surface area contributed by atoms with Gasteiger partial charge in [0.05, 0.1) is 41.8 Å². The lowest BCUT2D eigenvalue weighted by Gasteiger charge is -2.29. The van der Waals surface area contributed by atoms with Gasteiger partial charge in [0.15, 0.2) is 5.78 Å². The maximum Gasteiger partial charge on any atom is 0.333 e. The van der Waals surface area contributed by atoms with E-state index in [1.807, 2.05) is 59.6 Å². The Balaban J connectivity index is 1.02. The number of hydrogen-bond acceptors (Lipinski definition) is 7. The smallest absolute Gasteiger partial charge is 0.333 e. The molecule has 220 valence electrons. The van der Waals surface area contributed by atoms with Gasteiger partial charge in [-0.1, -0.05) is 54.6 Å². The zero-order valence-corrected chi connectivity index (χ0v) is 23.9. The maximum absolute atomic E-state index is 13.8. The van der Waals surface area contributed by atoms with Crippen molar-refractivity contribution in [2.45, 2.75) is 25.5 Å². The van der Waals surface area contributed by atoms with Crippen LogP contribution in [0.1, 0.15) is 34.3 Å². The molecule has 1 aliphatic carbocycles. The number of anilines is 2. The molecule has 1 atom stereocenters. The third-order valence-corrected chi connectivity index (χ3v) is 8.47. The van der Waals surface area contributed by atoms with Crippen LogP contribution >= 0.6 is 0 Å². The first kappa shape index (κ1) is 27.3. The number of aromatic nitrogens is 2. The number of fused-ring (bicyclic) bond motifs is 3. The molecule has 43 heavy (non-hydrogen) atoms. The Morgan fingerprint density at radius 1 is 0.953 bits per heavy atom. The van der Waals surface area contributed by atoms with Gasteiger partial charge in [0.2, 0.25) is 0 Å². The number of nitrogens with one attached hydrogen (secondary N) is 4. The average Bonchev–Trinajstić information content (AvgIpc) is 3.75. The summed E-state index contributed by atoms with van der Waals surface area (Å²) in [5.74, 6) is -0.149. The lowest BCUT2D eigenvalue weighted by molar-refractivity contribution is 0.0538. The summed E-state index contributed by atoms with van der Waals surface area (Å²) >= 11 is 0. The number of piperazine rings is 1. The monoisotopic (exact) mass is 577 g/mol. The van der Waals surface area contributed by atoms with Crippen LogP contribution in [0, 0.1) is 0 Å². The fourth-order valence-corrected chi connectivity index (χ4v) is 6.28. The summed E-state index contributed by atoms with van der Waals surface area (Å²) in [6, 6.07) is 23.5. The maximum atomic E-state index is 13.8. The van der Waals surface area contributed by atoms with Crippen LogP contribution in [0.15, 0.2) is 72.8 Å². The number of carbonyl (C=O) groups excluding carboxylic acids is 2. The topological polar surface area (TPSA) is 115 Å². The highest BCUT2D eigenvalue weighted by Crippen LogP contribution is 2.43. The molecule has 2 aliphatic heterocycles. The number of carbonyl (C=O) groups is 2. The Labute approximate surface area is 250 Å². The quantitative estimate of drug-likeness (QED) is 0.216. The van der Waals surface area contributed by atoms with Crippen LogP contribution in [-0.2, 0) is 11.3 Å². The molecule has 0 unspecified atom stereocenters. The molecule has 4 aromatic rings. The van der Waals surface area contributed by atoms with Gasteiger partial charge in [-0.3, -0.25) is 15.3 Å². The SMILES string of the molecule is O=C(Nc1cccc2c1C(=O)c1c-2n[nH]c1-c1ccc(N2CCNCC2)cc1)NN1CCC[C@H]1COCc1ccccc1.